The molecule has 0 atom stereocenters. The summed E-state index contributed by atoms with van der Waals surface area (Å²) in [4.78, 5) is 14.3. The molecule has 1 heterocycles. The van der Waals surface area contributed by atoms with E-state index in [1.807, 2.05) is 4.90 Å². The van der Waals surface area contributed by atoms with E-state index in [4.69, 9.17) is 0 Å². The number of carbonyl (C=O) groups excluding carboxylic acids is 1. The molecule has 1 fully saturated rings. The third kappa shape index (κ3) is 4.48. The number of amides is 2. The van der Waals surface area contributed by atoms with E-state index in [-0.39, 0.29) is 11.4 Å². The van der Waals surface area contributed by atoms with Crippen molar-refractivity contribution >= 4 is 6.03 Å². The molecule has 1 aromatic carbocycles. The van der Waals surface area contributed by atoms with Crippen molar-refractivity contribution in [3.63, 3.8) is 0 Å². The molecule has 0 spiro atoms. The second-order valence-electron chi connectivity index (χ2n) is 6.81. The lowest BCUT2D eigenvalue weighted by Crippen LogP contribution is -2.45. The van der Waals surface area contributed by atoms with E-state index in [0.717, 1.165) is 25.9 Å². The van der Waals surface area contributed by atoms with Crippen LogP contribution in [0.4, 0.5) is 4.79 Å². The Morgan fingerprint density at radius 3 is 2.24 bits per heavy atom. The van der Waals surface area contributed by atoms with Crippen LogP contribution in [0, 0.1) is 6.92 Å². The molecule has 21 heavy (non-hydrogen) atoms. The number of nitrogens with one attached hydrogen (secondary N) is 1. The van der Waals surface area contributed by atoms with Crippen LogP contribution in [-0.4, -0.2) is 30.6 Å². The van der Waals surface area contributed by atoms with Gasteiger partial charge < -0.3 is 10.2 Å². The van der Waals surface area contributed by atoms with Crippen LogP contribution in [-0.2, 0) is 5.41 Å². The van der Waals surface area contributed by atoms with Gasteiger partial charge in [-0.25, -0.2) is 4.79 Å². The van der Waals surface area contributed by atoms with Crippen LogP contribution < -0.4 is 5.32 Å². The maximum Gasteiger partial charge on any atom is 0.317 e. The van der Waals surface area contributed by atoms with Crippen LogP contribution in [0.1, 0.15) is 50.7 Å². The first kappa shape index (κ1) is 15.9. The zero-order valence-corrected chi connectivity index (χ0v) is 13.6. The highest BCUT2D eigenvalue weighted by molar-refractivity contribution is 5.74. The van der Waals surface area contributed by atoms with Gasteiger partial charge in [0, 0.05) is 25.0 Å². The molecule has 3 heteroatoms. The molecule has 0 unspecified atom stereocenters. The van der Waals surface area contributed by atoms with Gasteiger partial charge >= 0.3 is 6.03 Å². The molecule has 0 saturated carbocycles. The highest BCUT2D eigenvalue weighted by atomic mass is 16.2. The summed E-state index contributed by atoms with van der Waals surface area (Å²) in [6.07, 6.45) is 4.76. The van der Waals surface area contributed by atoms with Gasteiger partial charge in [-0.05, 0) is 25.3 Å². The van der Waals surface area contributed by atoms with Crippen molar-refractivity contribution in [1.29, 1.82) is 0 Å². The Balaban J connectivity index is 1.91. The molecule has 0 radical (unpaired) electrons. The molecule has 2 amide bonds. The Morgan fingerprint density at radius 2 is 1.67 bits per heavy atom. The molecule has 1 aliphatic rings. The molecular weight excluding hydrogens is 260 g/mol. The first-order chi connectivity index (χ1) is 9.99. The minimum absolute atomic E-state index is 0.0464. The molecule has 2 rings (SSSR count). The smallest absolute Gasteiger partial charge is 0.317 e. The number of carbonyl (C=O) groups is 1. The number of hydrogen-bond donors (Lipinski definition) is 1. The molecule has 0 aliphatic carbocycles. The zero-order chi connectivity index (χ0) is 15.3. The van der Waals surface area contributed by atoms with Crippen LogP contribution >= 0.6 is 0 Å². The van der Waals surface area contributed by atoms with E-state index < -0.39 is 0 Å². The Bertz CT molecular complexity index is 457. The number of likely N-dealkylation sites (tertiary alicyclic amines) is 1. The fourth-order valence-electron chi connectivity index (χ4n) is 2.79. The van der Waals surface area contributed by atoms with E-state index in [2.05, 4.69) is 50.4 Å². The quantitative estimate of drug-likeness (QED) is 0.900. The molecule has 0 bridgehead atoms. The lowest BCUT2D eigenvalue weighted by Gasteiger charge is -2.28. The predicted molar refractivity (Wildman–Crippen MR) is 87.6 cm³/mol. The number of aryl methyl sites for hydroxylation is 1. The Kier molecular flexibility index (Phi) is 5.27. The van der Waals surface area contributed by atoms with Gasteiger partial charge in [-0.15, -0.1) is 0 Å². The second kappa shape index (κ2) is 6.97. The van der Waals surface area contributed by atoms with Crippen molar-refractivity contribution in [2.45, 2.75) is 51.9 Å². The highest BCUT2D eigenvalue weighted by Crippen LogP contribution is 2.22. The largest absolute Gasteiger partial charge is 0.337 e. The summed E-state index contributed by atoms with van der Waals surface area (Å²) in [7, 11) is 0. The standard InChI is InChI=1S/C18H28N2O/c1-15-8-10-16(11-9-15)18(2,3)14-19-17(21)20-12-6-4-5-7-13-20/h8-11H,4-7,12-14H2,1-3H3,(H,19,21). The molecule has 0 aromatic heterocycles. The summed E-state index contributed by atoms with van der Waals surface area (Å²) in [6.45, 7) is 8.93. The highest BCUT2D eigenvalue weighted by Gasteiger charge is 2.23. The summed E-state index contributed by atoms with van der Waals surface area (Å²) in [5.74, 6) is 0. The predicted octanol–water partition coefficient (Wildman–Crippen LogP) is 3.86. The van der Waals surface area contributed by atoms with Crippen LogP contribution in [0.15, 0.2) is 24.3 Å². The minimum atomic E-state index is -0.0464. The van der Waals surface area contributed by atoms with Gasteiger partial charge in [0.05, 0.1) is 0 Å². The van der Waals surface area contributed by atoms with Crippen molar-refractivity contribution in [2.75, 3.05) is 19.6 Å². The normalized spacial score (nSPS) is 16.4. The van der Waals surface area contributed by atoms with Gasteiger partial charge in [-0.1, -0.05) is 56.5 Å². The molecule has 116 valence electrons. The molecule has 3 nitrogen and oxygen atoms in total. The zero-order valence-electron chi connectivity index (χ0n) is 13.6. The summed E-state index contributed by atoms with van der Waals surface area (Å²) in [5, 5.41) is 3.12. The van der Waals surface area contributed by atoms with Gasteiger partial charge in [0.1, 0.15) is 0 Å². The summed E-state index contributed by atoms with van der Waals surface area (Å²) >= 11 is 0. The maximum atomic E-state index is 12.3. The first-order valence-corrected chi connectivity index (χ1v) is 8.09. The van der Waals surface area contributed by atoms with Gasteiger partial charge in [0.15, 0.2) is 0 Å². The van der Waals surface area contributed by atoms with E-state index in [1.165, 1.54) is 24.0 Å². The summed E-state index contributed by atoms with van der Waals surface area (Å²) in [5.41, 5.74) is 2.49. The van der Waals surface area contributed by atoms with Crippen molar-refractivity contribution in [3.05, 3.63) is 35.4 Å². The second-order valence-corrected chi connectivity index (χ2v) is 6.81. The molecule has 1 aliphatic heterocycles. The van der Waals surface area contributed by atoms with Gasteiger partial charge in [0.25, 0.3) is 0 Å². The number of benzene rings is 1. The number of hydrogen-bond acceptors (Lipinski definition) is 1. The van der Waals surface area contributed by atoms with E-state index in [1.54, 1.807) is 0 Å². The fraction of sp³-hybridized carbons (Fsp3) is 0.611. The SMILES string of the molecule is Cc1ccc(C(C)(C)CNC(=O)N2CCCCCC2)cc1. The van der Waals surface area contributed by atoms with Crippen molar-refractivity contribution in [2.24, 2.45) is 0 Å². The Labute approximate surface area is 128 Å². The molecule has 1 aromatic rings. The monoisotopic (exact) mass is 288 g/mol. The number of rotatable bonds is 3. The van der Waals surface area contributed by atoms with Gasteiger partial charge in [-0.3, -0.25) is 0 Å². The number of urea groups is 1. The van der Waals surface area contributed by atoms with E-state index in [9.17, 15) is 4.79 Å². The molecular formula is C18H28N2O. The molecule has 1 N–H and O–H groups in total. The lowest BCUT2D eigenvalue weighted by molar-refractivity contribution is 0.197. The Hall–Kier alpha value is -1.51. The number of nitrogens with zero attached hydrogens (tertiary/aromatic N) is 1. The van der Waals surface area contributed by atoms with Crippen molar-refractivity contribution in [1.82, 2.24) is 10.2 Å². The summed E-state index contributed by atoms with van der Waals surface area (Å²) < 4.78 is 0. The average Bonchev–Trinajstić information content (AvgIpc) is 2.74. The van der Waals surface area contributed by atoms with Crippen LogP contribution in [0.5, 0.6) is 0 Å². The fourth-order valence-corrected chi connectivity index (χ4v) is 2.79. The maximum absolute atomic E-state index is 12.3. The average molecular weight is 288 g/mol. The third-order valence-electron chi connectivity index (χ3n) is 4.41. The summed E-state index contributed by atoms with van der Waals surface area (Å²) in [6, 6.07) is 8.68. The Morgan fingerprint density at radius 1 is 1.10 bits per heavy atom. The van der Waals surface area contributed by atoms with Crippen molar-refractivity contribution in [3.8, 4) is 0 Å². The van der Waals surface area contributed by atoms with Crippen LogP contribution in [0.2, 0.25) is 0 Å². The molecule has 1 saturated heterocycles. The van der Waals surface area contributed by atoms with Crippen molar-refractivity contribution < 1.29 is 4.79 Å². The van der Waals surface area contributed by atoms with E-state index >= 15 is 0 Å². The lowest BCUT2D eigenvalue weighted by atomic mass is 9.84. The van der Waals surface area contributed by atoms with Crippen LogP contribution in [0.25, 0.3) is 0 Å². The van der Waals surface area contributed by atoms with Gasteiger partial charge in [-0.2, -0.15) is 0 Å². The third-order valence-corrected chi connectivity index (χ3v) is 4.41. The topological polar surface area (TPSA) is 32.3 Å². The van der Waals surface area contributed by atoms with E-state index in [0.29, 0.717) is 6.54 Å². The van der Waals surface area contributed by atoms with Gasteiger partial charge in [0.2, 0.25) is 0 Å². The minimum Gasteiger partial charge on any atom is -0.337 e. The first-order valence-electron chi connectivity index (χ1n) is 8.09. The van der Waals surface area contributed by atoms with Crippen LogP contribution in [0.3, 0.4) is 0 Å².